The first-order valence-electron chi connectivity index (χ1n) is 7.12. The molecular formula is C16H24N2O. The van der Waals surface area contributed by atoms with Crippen molar-refractivity contribution in [3.8, 4) is 0 Å². The van der Waals surface area contributed by atoms with E-state index in [4.69, 9.17) is 5.73 Å². The van der Waals surface area contributed by atoms with Crippen LogP contribution in [0, 0.1) is 5.92 Å². The van der Waals surface area contributed by atoms with Crippen LogP contribution in [0.5, 0.6) is 0 Å². The molecule has 19 heavy (non-hydrogen) atoms. The van der Waals surface area contributed by atoms with Gasteiger partial charge in [-0.2, -0.15) is 0 Å². The van der Waals surface area contributed by atoms with Gasteiger partial charge in [0.2, 0.25) is 5.91 Å². The third kappa shape index (κ3) is 2.81. The van der Waals surface area contributed by atoms with E-state index >= 15 is 0 Å². The number of nitrogens with two attached hydrogens (primary N) is 1. The van der Waals surface area contributed by atoms with Gasteiger partial charge in [0.25, 0.3) is 0 Å². The molecule has 104 valence electrons. The van der Waals surface area contributed by atoms with E-state index in [0.717, 1.165) is 19.3 Å². The maximum absolute atomic E-state index is 12.4. The lowest BCUT2D eigenvalue weighted by molar-refractivity contribution is -0.134. The molecule has 1 amide bonds. The highest BCUT2D eigenvalue weighted by atomic mass is 16.2. The first-order valence-corrected chi connectivity index (χ1v) is 7.12. The maximum atomic E-state index is 12.4. The minimum absolute atomic E-state index is 0.0525. The number of amides is 1. The number of fused-ring (bicyclic) bond motifs is 1. The minimum atomic E-state index is -0.404. The largest absolute Gasteiger partial charge is 0.337 e. The Morgan fingerprint density at radius 3 is 2.74 bits per heavy atom. The molecule has 2 atom stereocenters. The molecule has 3 nitrogen and oxygen atoms in total. The van der Waals surface area contributed by atoms with E-state index in [1.165, 1.54) is 11.1 Å². The number of hydrogen-bond acceptors (Lipinski definition) is 2. The summed E-state index contributed by atoms with van der Waals surface area (Å²) in [5.41, 5.74) is 8.66. The van der Waals surface area contributed by atoms with E-state index in [1.807, 2.05) is 25.8 Å². The van der Waals surface area contributed by atoms with Crippen molar-refractivity contribution in [1.82, 2.24) is 4.90 Å². The average Bonchev–Trinajstić information content (AvgIpc) is 2.44. The molecule has 1 aliphatic rings. The summed E-state index contributed by atoms with van der Waals surface area (Å²) in [6, 6.07) is 8.22. The molecule has 3 heteroatoms. The molecule has 0 saturated carbocycles. The van der Waals surface area contributed by atoms with Gasteiger partial charge in [0.05, 0.1) is 12.1 Å². The molecule has 1 aromatic rings. The van der Waals surface area contributed by atoms with Crippen LogP contribution < -0.4 is 5.73 Å². The minimum Gasteiger partial charge on any atom is -0.337 e. The summed E-state index contributed by atoms with van der Waals surface area (Å²) in [6.07, 6.45) is 3.28. The van der Waals surface area contributed by atoms with Crippen LogP contribution in [0.25, 0.3) is 0 Å². The van der Waals surface area contributed by atoms with Crippen LogP contribution in [0.3, 0.4) is 0 Å². The predicted molar refractivity (Wildman–Crippen MR) is 77.7 cm³/mol. The van der Waals surface area contributed by atoms with Crippen molar-refractivity contribution in [2.75, 3.05) is 7.05 Å². The SMILES string of the molecule is CC(C)[C@@H](N)C(=O)N(C)C1CCCc2ccccc21. The summed E-state index contributed by atoms with van der Waals surface area (Å²) in [6.45, 7) is 3.98. The number of carbonyl (C=O) groups is 1. The first kappa shape index (κ1) is 14.1. The van der Waals surface area contributed by atoms with Crippen molar-refractivity contribution in [3.63, 3.8) is 0 Å². The Morgan fingerprint density at radius 1 is 1.37 bits per heavy atom. The fraction of sp³-hybridized carbons (Fsp3) is 0.562. The van der Waals surface area contributed by atoms with Crippen LogP contribution in [0.2, 0.25) is 0 Å². The lowest BCUT2D eigenvalue weighted by Gasteiger charge is -2.35. The smallest absolute Gasteiger partial charge is 0.240 e. The van der Waals surface area contributed by atoms with E-state index in [0.29, 0.717) is 0 Å². The summed E-state index contributed by atoms with van der Waals surface area (Å²) < 4.78 is 0. The van der Waals surface area contributed by atoms with Crippen molar-refractivity contribution in [2.24, 2.45) is 11.7 Å². The van der Waals surface area contributed by atoms with Crippen LogP contribution in [0.15, 0.2) is 24.3 Å². The Balaban J connectivity index is 2.21. The van der Waals surface area contributed by atoms with Crippen molar-refractivity contribution in [1.29, 1.82) is 0 Å². The van der Waals surface area contributed by atoms with Gasteiger partial charge in [-0.25, -0.2) is 0 Å². The Kier molecular flexibility index (Phi) is 4.25. The summed E-state index contributed by atoms with van der Waals surface area (Å²) in [4.78, 5) is 14.2. The van der Waals surface area contributed by atoms with E-state index in [2.05, 4.69) is 24.3 Å². The molecule has 2 N–H and O–H groups in total. The number of carbonyl (C=O) groups excluding carboxylic acids is 1. The first-order chi connectivity index (χ1) is 9.02. The fourth-order valence-corrected chi connectivity index (χ4v) is 2.80. The molecule has 1 aliphatic carbocycles. The molecule has 1 aromatic carbocycles. The number of nitrogens with zero attached hydrogens (tertiary/aromatic N) is 1. The third-order valence-corrected chi connectivity index (χ3v) is 4.16. The molecular weight excluding hydrogens is 236 g/mol. The molecule has 0 aromatic heterocycles. The Labute approximate surface area is 115 Å². The highest BCUT2D eigenvalue weighted by molar-refractivity contribution is 5.82. The quantitative estimate of drug-likeness (QED) is 0.907. The van der Waals surface area contributed by atoms with Crippen LogP contribution >= 0.6 is 0 Å². The van der Waals surface area contributed by atoms with E-state index in [-0.39, 0.29) is 17.9 Å². The molecule has 0 aliphatic heterocycles. The topological polar surface area (TPSA) is 46.3 Å². The second-order valence-corrected chi connectivity index (χ2v) is 5.83. The number of likely N-dealkylation sites (N-methyl/N-ethyl adjacent to an activating group) is 1. The summed E-state index contributed by atoms with van der Waals surface area (Å²) in [5, 5.41) is 0. The Hall–Kier alpha value is -1.35. The van der Waals surface area contributed by atoms with Crippen LogP contribution in [-0.2, 0) is 11.2 Å². The third-order valence-electron chi connectivity index (χ3n) is 4.16. The van der Waals surface area contributed by atoms with Gasteiger partial charge in [-0.1, -0.05) is 38.1 Å². The van der Waals surface area contributed by atoms with Gasteiger partial charge in [-0.05, 0) is 36.3 Å². The summed E-state index contributed by atoms with van der Waals surface area (Å²) in [7, 11) is 1.89. The van der Waals surface area contributed by atoms with Crippen molar-refractivity contribution in [3.05, 3.63) is 35.4 Å². The fourth-order valence-electron chi connectivity index (χ4n) is 2.80. The van der Waals surface area contributed by atoms with Gasteiger partial charge in [0.15, 0.2) is 0 Å². The highest BCUT2D eigenvalue weighted by Crippen LogP contribution is 2.33. The average molecular weight is 260 g/mol. The second-order valence-electron chi connectivity index (χ2n) is 5.83. The lowest BCUT2D eigenvalue weighted by atomic mass is 9.86. The zero-order chi connectivity index (χ0) is 14.0. The van der Waals surface area contributed by atoms with Crippen LogP contribution in [0.1, 0.15) is 43.9 Å². The molecule has 0 saturated heterocycles. The molecule has 2 rings (SSSR count). The zero-order valence-corrected chi connectivity index (χ0v) is 12.1. The number of benzene rings is 1. The summed E-state index contributed by atoms with van der Waals surface area (Å²) >= 11 is 0. The van der Waals surface area contributed by atoms with Gasteiger partial charge in [0, 0.05) is 7.05 Å². The molecule has 0 bridgehead atoms. The molecule has 1 unspecified atom stereocenters. The highest BCUT2D eigenvalue weighted by Gasteiger charge is 2.29. The summed E-state index contributed by atoms with van der Waals surface area (Å²) in [5.74, 6) is 0.227. The maximum Gasteiger partial charge on any atom is 0.240 e. The van der Waals surface area contributed by atoms with E-state index < -0.39 is 6.04 Å². The Morgan fingerprint density at radius 2 is 2.05 bits per heavy atom. The standard InChI is InChI=1S/C16H24N2O/c1-11(2)15(17)16(19)18(3)14-10-6-8-12-7-4-5-9-13(12)14/h4-5,7,9,11,14-15H,6,8,10,17H2,1-3H3/t14?,15-/m1/s1. The Bertz CT molecular complexity index is 456. The number of rotatable bonds is 3. The van der Waals surface area contributed by atoms with Crippen LogP contribution in [0.4, 0.5) is 0 Å². The zero-order valence-electron chi connectivity index (χ0n) is 12.1. The molecule has 0 spiro atoms. The van der Waals surface area contributed by atoms with Crippen molar-refractivity contribution < 1.29 is 4.79 Å². The van der Waals surface area contributed by atoms with Gasteiger partial charge in [-0.3, -0.25) is 4.79 Å². The number of aryl methyl sites for hydroxylation is 1. The van der Waals surface area contributed by atoms with E-state index in [1.54, 1.807) is 0 Å². The van der Waals surface area contributed by atoms with Gasteiger partial charge < -0.3 is 10.6 Å². The van der Waals surface area contributed by atoms with Crippen molar-refractivity contribution >= 4 is 5.91 Å². The monoisotopic (exact) mass is 260 g/mol. The van der Waals surface area contributed by atoms with Gasteiger partial charge in [0.1, 0.15) is 0 Å². The van der Waals surface area contributed by atoms with Gasteiger partial charge in [-0.15, -0.1) is 0 Å². The van der Waals surface area contributed by atoms with Gasteiger partial charge >= 0.3 is 0 Å². The normalized spacial score (nSPS) is 19.9. The van der Waals surface area contributed by atoms with Crippen LogP contribution in [-0.4, -0.2) is 23.9 Å². The number of hydrogen-bond donors (Lipinski definition) is 1. The lowest BCUT2D eigenvalue weighted by Crippen LogP contribution is -2.46. The molecule has 0 heterocycles. The predicted octanol–water partition coefficient (Wildman–Crippen LogP) is 2.51. The van der Waals surface area contributed by atoms with E-state index in [9.17, 15) is 4.79 Å². The second kappa shape index (κ2) is 5.74. The molecule has 0 radical (unpaired) electrons. The van der Waals surface area contributed by atoms with Crippen molar-refractivity contribution in [2.45, 2.75) is 45.2 Å². The molecule has 0 fully saturated rings.